The van der Waals surface area contributed by atoms with Crippen LogP contribution in [0.25, 0.3) is 0 Å². The van der Waals surface area contributed by atoms with Gasteiger partial charge in [-0.25, -0.2) is 5.48 Å². The monoisotopic (exact) mass is 503 g/mol. The normalized spacial score (nSPS) is 21.5. The van der Waals surface area contributed by atoms with Gasteiger partial charge in [0.25, 0.3) is 11.8 Å². The Morgan fingerprint density at radius 3 is 2.47 bits per heavy atom. The van der Waals surface area contributed by atoms with Crippen molar-refractivity contribution in [1.29, 1.82) is 0 Å². The second kappa shape index (κ2) is 10.5. The van der Waals surface area contributed by atoms with Gasteiger partial charge in [-0.05, 0) is 47.7 Å². The number of halogens is 1. The number of hydroxylamine groups is 1. The van der Waals surface area contributed by atoms with Gasteiger partial charge in [-0.3, -0.25) is 19.2 Å². The van der Waals surface area contributed by atoms with Gasteiger partial charge >= 0.3 is 0 Å². The number of carbonyl (C=O) groups excluding carboxylic acids is 3. The van der Waals surface area contributed by atoms with E-state index in [-0.39, 0.29) is 18.4 Å². The number of hydrogen-bond donors (Lipinski definition) is 2. The Kier molecular flexibility index (Phi) is 7.02. The van der Waals surface area contributed by atoms with Gasteiger partial charge in [0.2, 0.25) is 5.91 Å². The fraction of sp³-hybridized carbons (Fsp3) is 0.250. The Labute approximate surface area is 214 Å². The van der Waals surface area contributed by atoms with E-state index in [0.29, 0.717) is 34.7 Å². The van der Waals surface area contributed by atoms with Crippen LogP contribution in [0.3, 0.4) is 0 Å². The first-order chi connectivity index (χ1) is 17.5. The highest BCUT2D eigenvalue weighted by atomic mass is 35.5. The van der Waals surface area contributed by atoms with E-state index in [1.54, 1.807) is 53.4 Å². The second-order valence-corrected chi connectivity index (χ2v) is 9.40. The van der Waals surface area contributed by atoms with Crippen molar-refractivity contribution >= 4 is 29.3 Å². The standard InChI is InChI=1S/C28H26ClN3O4/c29-20-14-12-19(13-15-20)25-24(27(34)31-36-17-18-7-2-1-3-8-18)21-9-4-5-10-22(21)28(35)32(25)23-11-6-16-30-26(23)33/h1-5,7-10,12-15,23-25H,6,11,16-17H2,(H,30,33)(H,31,34)/t23-,24+,25-/m0/s1. The molecule has 2 heterocycles. The summed E-state index contributed by atoms with van der Waals surface area (Å²) in [7, 11) is 0. The van der Waals surface area contributed by atoms with Crippen molar-refractivity contribution in [3.8, 4) is 0 Å². The van der Waals surface area contributed by atoms with E-state index in [9.17, 15) is 14.4 Å². The van der Waals surface area contributed by atoms with Crippen molar-refractivity contribution in [1.82, 2.24) is 15.7 Å². The van der Waals surface area contributed by atoms with Crippen LogP contribution in [0.15, 0.2) is 78.9 Å². The number of benzene rings is 3. The summed E-state index contributed by atoms with van der Waals surface area (Å²) in [5.41, 5.74) is 5.22. The van der Waals surface area contributed by atoms with Gasteiger partial charge in [0, 0.05) is 17.1 Å². The van der Waals surface area contributed by atoms with E-state index in [2.05, 4.69) is 10.8 Å². The van der Waals surface area contributed by atoms with Crippen molar-refractivity contribution in [3.63, 3.8) is 0 Å². The Balaban J connectivity index is 1.55. The SMILES string of the molecule is O=C(NOCc1ccccc1)[C@@H]1c2ccccc2C(=O)N([C@H]2CCCNC2=O)[C@H]1c1ccc(Cl)cc1. The van der Waals surface area contributed by atoms with E-state index < -0.39 is 23.9 Å². The molecule has 7 nitrogen and oxygen atoms in total. The Bertz CT molecular complexity index is 1270. The van der Waals surface area contributed by atoms with Crippen molar-refractivity contribution in [2.75, 3.05) is 6.54 Å². The number of rotatable bonds is 6. The minimum Gasteiger partial charge on any atom is -0.354 e. The summed E-state index contributed by atoms with van der Waals surface area (Å²) in [6, 6.07) is 22.2. The molecule has 0 radical (unpaired) electrons. The number of nitrogens with zero attached hydrogens (tertiary/aromatic N) is 1. The molecule has 1 fully saturated rings. The first-order valence-electron chi connectivity index (χ1n) is 11.9. The lowest BCUT2D eigenvalue weighted by Gasteiger charge is -2.45. The highest BCUT2D eigenvalue weighted by molar-refractivity contribution is 6.30. The maximum absolute atomic E-state index is 13.8. The summed E-state index contributed by atoms with van der Waals surface area (Å²) < 4.78 is 0. The lowest BCUT2D eigenvalue weighted by atomic mass is 9.78. The second-order valence-electron chi connectivity index (χ2n) is 8.96. The third-order valence-electron chi connectivity index (χ3n) is 6.72. The number of amides is 3. The van der Waals surface area contributed by atoms with E-state index in [1.165, 1.54) is 0 Å². The quantitative estimate of drug-likeness (QED) is 0.495. The van der Waals surface area contributed by atoms with Crippen LogP contribution in [-0.2, 0) is 21.0 Å². The molecule has 0 saturated carbocycles. The zero-order chi connectivity index (χ0) is 25.1. The highest BCUT2D eigenvalue weighted by Gasteiger charge is 2.48. The average Bonchev–Trinajstić information content (AvgIpc) is 2.90. The molecule has 184 valence electrons. The summed E-state index contributed by atoms with van der Waals surface area (Å²) in [4.78, 5) is 47.6. The van der Waals surface area contributed by atoms with E-state index in [0.717, 1.165) is 12.0 Å². The van der Waals surface area contributed by atoms with Crippen LogP contribution in [0.5, 0.6) is 0 Å². The first kappa shape index (κ1) is 24.0. The van der Waals surface area contributed by atoms with E-state index >= 15 is 0 Å². The molecule has 8 heteroatoms. The fourth-order valence-electron chi connectivity index (χ4n) is 5.04. The fourth-order valence-corrected chi connectivity index (χ4v) is 5.17. The van der Waals surface area contributed by atoms with E-state index in [1.807, 2.05) is 30.3 Å². The molecule has 3 atom stereocenters. The zero-order valence-corrected chi connectivity index (χ0v) is 20.3. The number of carbonyl (C=O) groups is 3. The van der Waals surface area contributed by atoms with Gasteiger partial charge < -0.3 is 10.2 Å². The summed E-state index contributed by atoms with van der Waals surface area (Å²) in [6.07, 6.45) is 1.26. The van der Waals surface area contributed by atoms with Crippen LogP contribution >= 0.6 is 11.6 Å². The molecule has 36 heavy (non-hydrogen) atoms. The summed E-state index contributed by atoms with van der Waals surface area (Å²) >= 11 is 6.15. The third-order valence-corrected chi connectivity index (χ3v) is 6.97. The van der Waals surface area contributed by atoms with Crippen molar-refractivity contribution < 1.29 is 19.2 Å². The Hall–Kier alpha value is -3.68. The molecule has 2 aliphatic rings. The van der Waals surface area contributed by atoms with Crippen LogP contribution in [0.4, 0.5) is 0 Å². The minimum atomic E-state index is -0.800. The average molecular weight is 504 g/mol. The van der Waals surface area contributed by atoms with Crippen LogP contribution in [0, 0.1) is 0 Å². The van der Waals surface area contributed by atoms with Gasteiger partial charge in [-0.15, -0.1) is 0 Å². The Morgan fingerprint density at radius 2 is 1.72 bits per heavy atom. The molecular weight excluding hydrogens is 478 g/mol. The maximum atomic E-state index is 13.8. The van der Waals surface area contributed by atoms with Gasteiger partial charge in [-0.2, -0.15) is 0 Å². The number of hydrogen-bond acceptors (Lipinski definition) is 4. The van der Waals surface area contributed by atoms with Crippen molar-refractivity contribution in [3.05, 3.63) is 106 Å². The number of piperidine rings is 1. The topological polar surface area (TPSA) is 87.7 Å². The van der Waals surface area contributed by atoms with Crippen LogP contribution < -0.4 is 10.8 Å². The van der Waals surface area contributed by atoms with Gasteiger partial charge in [0.1, 0.15) is 6.04 Å². The predicted molar refractivity (Wildman–Crippen MR) is 135 cm³/mol. The molecule has 0 bridgehead atoms. The van der Waals surface area contributed by atoms with Crippen LogP contribution in [-0.4, -0.2) is 35.2 Å². The Morgan fingerprint density at radius 1 is 1.00 bits per heavy atom. The molecule has 2 aliphatic heterocycles. The molecule has 2 N–H and O–H groups in total. The van der Waals surface area contributed by atoms with Crippen LogP contribution in [0.1, 0.15) is 51.8 Å². The first-order valence-corrected chi connectivity index (χ1v) is 12.3. The summed E-state index contributed by atoms with van der Waals surface area (Å²) in [6.45, 7) is 0.761. The molecule has 3 aromatic carbocycles. The molecule has 3 aromatic rings. The predicted octanol–water partition coefficient (Wildman–Crippen LogP) is 4.15. The molecule has 1 saturated heterocycles. The molecule has 3 amide bonds. The molecule has 0 aromatic heterocycles. The zero-order valence-electron chi connectivity index (χ0n) is 19.5. The van der Waals surface area contributed by atoms with E-state index in [4.69, 9.17) is 16.4 Å². The lowest BCUT2D eigenvalue weighted by molar-refractivity contribution is -0.139. The molecule has 0 spiro atoms. The molecule has 0 aliphatic carbocycles. The number of nitrogens with one attached hydrogen (secondary N) is 2. The summed E-state index contributed by atoms with van der Waals surface area (Å²) in [5, 5.41) is 3.41. The molecular formula is C28H26ClN3O4. The smallest absolute Gasteiger partial charge is 0.255 e. The largest absolute Gasteiger partial charge is 0.354 e. The maximum Gasteiger partial charge on any atom is 0.255 e. The summed E-state index contributed by atoms with van der Waals surface area (Å²) in [5.74, 6) is -1.69. The van der Waals surface area contributed by atoms with Gasteiger partial charge in [0.05, 0.1) is 18.6 Å². The van der Waals surface area contributed by atoms with Crippen molar-refractivity contribution in [2.45, 2.75) is 37.5 Å². The van der Waals surface area contributed by atoms with Crippen LogP contribution in [0.2, 0.25) is 5.02 Å². The highest BCUT2D eigenvalue weighted by Crippen LogP contribution is 2.45. The van der Waals surface area contributed by atoms with Gasteiger partial charge in [-0.1, -0.05) is 72.3 Å². The molecule has 0 unspecified atom stereocenters. The third kappa shape index (κ3) is 4.72. The molecule has 5 rings (SSSR count). The lowest BCUT2D eigenvalue weighted by Crippen LogP contribution is -2.57. The van der Waals surface area contributed by atoms with Gasteiger partial charge in [0.15, 0.2) is 0 Å². The minimum absolute atomic E-state index is 0.195. The van der Waals surface area contributed by atoms with Crippen molar-refractivity contribution in [2.24, 2.45) is 0 Å². The number of fused-ring (bicyclic) bond motifs is 1.